The Balaban J connectivity index is 2.40. The van der Waals surface area contributed by atoms with Gasteiger partial charge in [-0.2, -0.15) is 0 Å². The summed E-state index contributed by atoms with van der Waals surface area (Å²) in [5, 5.41) is 23.1. The van der Waals surface area contributed by atoms with Gasteiger partial charge >= 0.3 is 5.97 Å². The standard InChI is InChI=1S/C11H13N5O2/c1-11(9(17)18,8-6-4-3-5-7-8)12-10-13-14-15-16(10)2/h3-7H,1-2H3,(H,17,18)(H,12,13,15). The average molecular weight is 247 g/mol. The molecule has 2 N–H and O–H groups in total. The van der Waals surface area contributed by atoms with Crippen molar-refractivity contribution in [3.8, 4) is 0 Å². The van der Waals surface area contributed by atoms with Crippen molar-refractivity contribution >= 4 is 11.9 Å². The number of anilines is 1. The summed E-state index contributed by atoms with van der Waals surface area (Å²) >= 11 is 0. The molecule has 1 aromatic heterocycles. The minimum Gasteiger partial charge on any atom is -0.479 e. The number of aliphatic carboxylic acids is 1. The molecule has 0 saturated carbocycles. The SMILES string of the molecule is Cn1nnnc1NC(C)(C(=O)O)c1ccccc1. The van der Waals surface area contributed by atoms with Crippen LogP contribution in [0.3, 0.4) is 0 Å². The number of tetrazole rings is 1. The van der Waals surface area contributed by atoms with Crippen LogP contribution in [0.1, 0.15) is 12.5 Å². The maximum absolute atomic E-state index is 11.5. The molecule has 2 rings (SSSR count). The summed E-state index contributed by atoms with van der Waals surface area (Å²) in [4.78, 5) is 11.5. The Bertz CT molecular complexity index is 554. The molecular formula is C11H13N5O2. The fourth-order valence-corrected chi connectivity index (χ4v) is 1.58. The van der Waals surface area contributed by atoms with Gasteiger partial charge in [-0.3, -0.25) is 0 Å². The van der Waals surface area contributed by atoms with Gasteiger partial charge in [0.05, 0.1) is 0 Å². The Morgan fingerprint density at radius 2 is 2.06 bits per heavy atom. The van der Waals surface area contributed by atoms with Crippen molar-refractivity contribution in [1.29, 1.82) is 0 Å². The lowest BCUT2D eigenvalue weighted by Gasteiger charge is -2.26. The average Bonchev–Trinajstić information content (AvgIpc) is 2.75. The van der Waals surface area contributed by atoms with Gasteiger partial charge in [0.25, 0.3) is 0 Å². The van der Waals surface area contributed by atoms with Gasteiger partial charge in [-0.25, -0.2) is 9.48 Å². The van der Waals surface area contributed by atoms with Crippen LogP contribution in [0, 0.1) is 0 Å². The highest BCUT2D eigenvalue weighted by atomic mass is 16.4. The van der Waals surface area contributed by atoms with Gasteiger partial charge in [0.15, 0.2) is 5.54 Å². The third-order valence-electron chi connectivity index (χ3n) is 2.76. The van der Waals surface area contributed by atoms with Gasteiger partial charge in [-0.05, 0) is 22.9 Å². The molecule has 7 heteroatoms. The van der Waals surface area contributed by atoms with Crippen LogP contribution in [-0.2, 0) is 17.4 Å². The Morgan fingerprint density at radius 3 is 2.56 bits per heavy atom. The lowest BCUT2D eigenvalue weighted by Crippen LogP contribution is -2.41. The van der Waals surface area contributed by atoms with E-state index in [0.29, 0.717) is 11.5 Å². The van der Waals surface area contributed by atoms with Gasteiger partial charge in [-0.15, -0.1) is 0 Å². The van der Waals surface area contributed by atoms with Gasteiger partial charge in [0, 0.05) is 7.05 Å². The third kappa shape index (κ3) is 2.02. The van der Waals surface area contributed by atoms with Crippen molar-refractivity contribution in [2.45, 2.75) is 12.5 Å². The first-order valence-corrected chi connectivity index (χ1v) is 5.33. The molecule has 0 aliphatic rings. The normalized spacial score (nSPS) is 13.9. The van der Waals surface area contributed by atoms with E-state index < -0.39 is 11.5 Å². The van der Waals surface area contributed by atoms with Gasteiger partial charge in [-0.1, -0.05) is 35.4 Å². The van der Waals surface area contributed by atoms with Crippen molar-refractivity contribution in [3.05, 3.63) is 35.9 Å². The van der Waals surface area contributed by atoms with E-state index in [1.807, 2.05) is 6.07 Å². The van der Waals surface area contributed by atoms with E-state index in [1.54, 1.807) is 38.2 Å². The Hall–Kier alpha value is -2.44. The monoisotopic (exact) mass is 247 g/mol. The highest BCUT2D eigenvalue weighted by Gasteiger charge is 2.36. The summed E-state index contributed by atoms with van der Waals surface area (Å²) in [5.41, 5.74) is -0.662. The molecule has 0 fully saturated rings. The number of carbonyl (C=O) groups is 1. The van der Waals surface area contributed by atoms with Crippen molar-refractivity contribution < 1.29 is 9.90 Å². The van der Waals surface area contributed by atoms with Gasteiger partial charge in [0.2, 0.25) is 5.95 Å². The summed E-state index contributed by atoms with van der Waals surface area (Å²) in [6, 6.07) is 8.88. The van der Waals surface area contributed by atoms with Crippen LogP contribution < -0.4 is 5.32 Å². The Labute approximate surface area is 103 Å². The van der Waals surface area contributed by atoms with Crippen LogP contribution in [0.4, 0.5) is 5.95 Å². The van der Waals surface area contributed by atoms with Gasteiger partial charge < -0.3 is 10.4 Å². The number of hydrogen-bond acceptors (Lipinski definition) is 5. The van der Waals surface area contributed by atoms with Crippen molar-refractivity contribution in [3.63, 3.8) is 0 Å². The van der Waals surface area contributed by atoms with Crippen LogP contribution in [0.25, 0.3) is 0 Å². The molecule has 18 heavy (non-hydrogen) atoms. The Morgan fingerprint density at radius 1 is 1.39 bits per heavy atom. The first kappa shape index (κ1) is 12.0. The number of hydrogen-bond donors (Lipinski definition) is 2. The molecule has 0 amide bonds. The predicted molar refractivity (Wildman–Crippen MR) is 63.9 cm³/mol. The van der Waals surface area contributed by atoms with Crippen LogP contribution in [0.5, 0.6) is 0 Å². The van der Waals surface area contributed by atoms with Crippen molar-refractivity contribution in [1.82, 2.24) is 20.2 Å². The second-order valence-corrected chi connectivity index (χ2v) is 4.05. The molecule has 94 valence electrons. The zero-order valence-electron chi connectivity index (χ0n) is 10.0. The van der Waals surface area contributed by atoms with E-state index in [9.17, 15) is 9.90 Å². The largest absolute Gasteiger partial charge is 0.479 e. The van der Waals surface area contributed by atoms with Crippen LogP contribution in [0.15, 0.2) is 30.3 Å². The second-order valence-electron chi connectivity index (χ2n) is 4.05. The van der Waals surface area contributed by atoms with E-state index in [1.165, 1.54) is 4.68 Å². The number of aryl methyl sites for hydroxylation is 1. The lowest BCUT2D eigenvalue weighted by molar-refractivity contribution is -0.142. The molecule has 0 aliphatic heterocycles. The quantitative estimate of drug-likeness (QED) is 0.822. The van der Waals surface area contributed by atoms with E-state index >= 15 is 0 Å². The highest BCUT2D eigenvalue weighted by molar-refractivity contribution is 5.83. The zero-order valence-corrected chi connectivity index (χ0v) is 10.0. The van der Waals surface area contributed by atoms with Crippen LogP contribution in [-0.4, -0.2) is 31.3 Å². The number of carboxylic acids is 1. The molecule has 0 radical (unpaired) electrons. The molecule has 0 aliphatic carbocycles. The summed E-state index contributed by atoms with van der Waals surface area (Å²) < 4.78 is 1.38. The maximum Gasteiger partial charge on any atom is 0.333 e. The summed E-state index contributed by atoms with van der Waals surface area (Å²) in [6.45, 7) is 1.57. The number of rotatable bonds is 4. The van der Waals surface area contributed by atoms with Crippen LogP contribution >= 0.6 is 0 Å². The number of nitrogens with one attached hydrogen (secondary N) is 1. The van der Waals surface area contributed by atoms with Crippen molar-refractivity contribution in [2.75, 3.05) is 5.32 Å². The lowest BCUT2D eigenvalue weighted by atomic mass is 9.92. The molecule has 0 spiro atoms. The van der Waals surface area contributed by atoms with E-state index in [-0.39, 0.29) is 0 Å². The zero-order chi connectivity index (χ0) is 13.2. The third-order valence-corrected chi connectivity index (χ3v) is 2.76. The second kappa shape index (κ2) is 4.44. The summed E-state index contributed by atoms with van der Waals surface area (Å²) in [5.74, 6) is -0.708. The molecule has 1 heterocycles. The molecule has 0 bridgehead atoms. The highest BCUT2D eigenvalue weighted by Crippen LogP contribution is 2.24. The molecule has 0 saturated heterocycles. The maximum atomic E-state index is 11.5. The first-order valence-electron chi connectivity index (χ1n) is 5.33. The minimum atomic E-state index is -1.29. The first-order chi connectivity index (χ1) is 8.54. The van der Waals surface area contributed by atoms with E-state index in [2.05, 4.69) is 20.8 Å². The minimum absolute atomic E-state index is 0.295. The number of aromatic nitrogens is 4. The molecule has 1 atom stereocenters. The molecule has 2 aromatic rings. The summed E-state index contributed by atoms with van der Waals surface area (Å²) in [7, 11) is 1.63. The van der Waals surface area contributed by atoms with E-state index in [0.717, 1.165) is 0 Å². The van der Waals surface area contributed by atoms with Crippen LogP contribution in [0.2, 0.25) is 0 Å². The smallest absolute Gasteiger partial charge is 0.333 e. The summed E-state index contributed by atoms with van der Waals surface area (Å²) in [6.07, 6.45) is 0. The molecular weight excluding hydrogens is 234 g/mol. The Kier molecular flexibility index (Phi) is 2.97. The van der Waals surface area contributed by atoms with Gasteiger partial charge in [0.1, 0.15) is 0 Å². The topological polar surface area (TPSA) is 92.9 Å². The number of benzene rings is 1. The fourth-order valence-electron chi connectivity index (χ4n) is 1.58. The number of nitrogens with zero attached hydrogens (tertiary/aromatic N) is 4. The molecule has 7 nitrogen and oxygen atoms in total. The fraction of sp³-hybridized carbons (Fsp3) is 0.273. The van der Waals surface area contributed by atoms with Crippen molar-refractivity contribution in [2.24, 2.45) is 7.05 Å². The predicted octanol–water partition coefficient (Wildman–Crippen LogP) is 0.622. The molecule has 1 unspecified atom stereocenters. The number of carboxylic acid groups (broad SMARTS) is 1. The van der Waals surface area contributed by atoms with E-state index in [4.69, 9.17) is 0 Å². The molecule has 1 aromatic carbocycles.